The molecule has 5 nitrogen and oxygen atoms in total. The number of benzene rings is 1. The Hall–Kier alpha value is -1.59. The molecule has 0 aromatic heterocycles. The minimum absolute atomic E-state index is 0.0894. The van der Waals surface area contributed by atoms with Gasteiger partial charge in [-0.2, -0.15) is 0 Å². The number of carbonyl (C=O) groups excluding carboxylic acids is 1. The van der Waals surface area contributed by atoms with E-state index in [-0.39, 0.29) is 57.1 Å². The molecule has 0 unspecified atom stereocenters. The number of rotatable bonds is 3. The maximum atomic E-state index is 12.9. The van der Waals surface area contributed by atoms with Crippen LogP contribution in [-0.4, -0.2) is 34.6 Å². The summed E-state index contributed by atoms with van der Waals surface area (Å²) in [4.78, 5) is 12.9. The van der Waals surface area contributed by atoms with E-state index >= 15 is 0 Å². The quantitative estimate of drug-likeness (QED) is 0.375. The second-order valence-electron chi connectivity index (χ2n) is 17.2. The Labute approximate surface area is 254 Å². The lowest BCUT2D eigenvalue weighted by Gasteiger charge is -2.70. The molecule has 234 valence electrons. The normalized spacial score (nSPS) is 47.5. The molecular formula is C37H57NO4. The summed E-state index contributed by atoms with van der Waals surface area (Å²) in [5.41, 5.74) is 0.742. The summed E-state index contributed by atoms with van der Waals surface area (Å²) in [6.45, 7) is 19.2. The van der Waals surface area contributed by atoms with E-state index in [1.807, 2.05) is 30.3 Å². The lowest BCUT2D eigenvalue weighted by molar-refractivity contribution is -0.257. The van der Waals surface area contributed by atoms with Crippen molar-refractivity contribution in [1.82, 2.24) is 0 Å². The smallest absolute Gasteiger partial charge is 0.411 e. The molecular weight excluding hydrogens is 522 g/mol. The van der Waals surface area contributed by atoms with Gasteiger partial charge >= 0.3 is 6.09 Å². The Kier molecular flexibility index (Phi) is 7.22. The summed E-state index contributed by atoms with van der Waals surface area (Å²) in [5.74, 6) is 1.58. The van der Waals surface area contributed by atoms with Crippen molar-refractivity contribution >= 4 is 11.8 Å². The van der Waals surface area contributed by atoms with Crippen LogP contribution in [0.5, 0.6) is 0 Å². The molecule has 2 N–H and O–H groups in total. The number of para-hydroxylation sites is 1. The molecule has 6 rings (SSSR count). The van der Waals surface area contributed by atoms with Crippen molar-refractivity contribution in [3.63, 3.8) is 0 Å². The van der Waals surface area contributed by atoms with Gasteiger partial charge in [-0.25, -0.2) is 4.79 Å². The van der Waals surface area contributed by atoms with E-state index in [0.29, 0.717) is 17.8 Å². The molecule has 1 aromatic rings. The summed E-state index contributed by atoms with van der Waals surface area (Å²) in [5, 5.41) is 15.1. The Morgan fingerprint density at radius 2 is 1.55 bits per heavy atom. The third-order valence-corrected chi connectivity index (χ3v) is 14.3. The molecule has 4 aliphatic carbocycles. The van der Waals surface area contributed by atoms with Crippen molar-refractivity contribution in [3.8, 4) is 0 Å². The van der Waals surface area contributed by atoms with E-state index in [4.69, 9.17) is 9.47 Å². The third-order valence-electron chi connectivity index (χ3n) is 14.3. The molecule has 0 spiro atoms. The van der Waals surface area contributed by atoms with Crippen LogP contribution in [0.15, 0.2) is 30.3 Å². The minimum Gasteiger partial charge on any atom is -0.445 e. The average Bonchev–Trinajstić information content (AvgIpc) is 3.28. The number of aliphatic hydroxyl groups excluding tert-OH is 1. The molecule has 1 amide bonds. The number of anilines is 1. The predicted molar refractivity (Wildman–Crippen MR) is 168 cm³/mol. The molecule has 1 saturated heterocycles. The third kappa shape index (κ3) is 4.49. The molecule has 42 heavy (non-hydrogen) atoms. The lowest BCUT2D eigenvalue weighted by Crippen LogP contribution is -2.67. The fourth-order valence-corrected chi connectivity index (χ4v) is 12.3. The molecule has 0 bridgehead atoms. The van der Waals surface area contributed by atoms with Gasteiger partial charge in [0.25, 0.3) is 0 Å². The number of carbonyl (C=O) groups is 1. The molecule has 1 heterocycles. The number of fused-ring (bicyclic) bond motifs is 5. The molecule has 1 aromatic carbocycles. The van der Waals surface area contributed by atoms with Crippen LogP contribution in [0.4, 0.5) is 10.5 Å². The highest BCUT2D eigenvalue weighted by atomic mass is 16.6. The van der Waals surface area contributed by atoms with Gasteiger partial charge in [0, 0.05) is 11.1 Å². The molecule has 5 heteroatoms. The van der Waals surface area contributed by atoms with Crippen molar-refractivity contribution in [1.29, 1.82) is 0 Å². The predicted octanol–water partition coefficient (Wildman–Crippen LogP) is 9.00. The fourth-order valence-electron chi connectivity index (χ4n) is 12.3. The zero-order valence-electron chi connectivity index (χ0n) is 27.6. The number of hydrogen-bond donors (Lipinski definition) is 2. The van der Waals surface area contributed by atoms with Crippen LogP contribution in [0.3, 0.4) is 0 Å². The summed E-state index contributed by atoms with van der Waals surface area (Å²) in [6.07, 6.45) is 10.1. The highest BCUT2D eigenvalue weighted by molar-refractivity contribution is 5.84. The summed E-state index contributed by atoms with van der Waals surface area (Å²) in [6, 6.07) is 9.57. The summed E-state index contributed by atoms with van der Waals surface area (Å²) >= 11 is 0. The second kappa shape index (κ2) is 9.96. The van der Waals surface area contributed by atoms with Gasteiger partial charge in [0.1, 0.15) is 6.10 Å². The van der Waals surface area contributed by atoms with E-state index < -0.39 is 0 Å². The minimum atomic E-state index is -0.356. The Morgan fingerprint density at radius 3 is 2.24 bits per heavy atom. The van der Waals surface area contributed by atoms with Gasteiger partial charge in [-0.1, -0.05) is 52.8 Å². The maximum absolute atomic E-state index is 12.9. The van der Waals surface area contributed by atoms with Gasteiger partial charge in [0.05, 0.1) is 17.3 Å². The summed E-state index contributed by atoms with van der Waals surface area (Å²) in [7, 11) is 0. The molecule has 5 aliphatic rings. The Morgan fingerprint density at radius 1 is 0.857 bits per heavy atom. The van der Waals surface area contributed by atoms with Crippen molar-refractivity contribution < 1.29 is 19.4 Å². The lowest BCUT2D eigenvalue weighted by atomic mass is 9.35. The van der Waals surface area contributed by atoms with Gasteiger partial charge in [0.15, 0.2) is 0 Å². The second-order valence-corrected chi connectivity index (χ2v) is 17.2. The number of aliphatic hydroxyl groups is 1. The van der Waals surface area contributed by atoms with Crippen molar-refractivity contribution in [2.45, 2.75) is 143 Å². The first-order chi connectivity index (χ1) is 19.6. The maximum Gasteiger partial charge on any atom is 0.411 e. The van der Waals surface area contributed by atoms with E-state index in [1.165, 1.54) is 19.3 Å². The van der Waals surface area contributed by atoms with Crippen LogP contribution in [0, 0.1) is 45.3 Å². The van der Waals surface area contributed by atoms with Crippen LogP contribution in [-0.2, 0) is 9.47 Å². The summed E-state index contributed by atoms with van der Waals surface area (Å²) < 4.78 is 13.1. The molecule has 0 radical (unpaired) electrons. The van der Waals surface area contributed by atoms with Crippen LogP contribution < -0.4 is 5.32 Å². The van der Waals surface area contributed by atoms with Crippen LogP contribution >= 0.6 is 0 Å². The van der Waals surface area contributed by atoms with E-state index in [2.05, 4.69) is 60.7 Å². The van der Waals surface area contributed by atoms with E-state index in [9.17, 15) is 9.90 Å². The number of hydrogen-bond acceptors (Lipinski definition) is 4. The topological polar surface area (TPSA) is 67.8 Å². The van der Waals surface area contributed by atoms with Crippen molar-refractivity contribution in [2.24, 2.45) is 45.3 Å². The SMILES string of the molecule is CC1(C)CCC[C@](C)([C@H]2CC[C@]3(C)[C@@H]2[C@H](O)C[C@@H]2[C@@]4(C)CC[C@H](OC(=O)Nc5ccccc5)C(C)(C)[C@@H]4CC[C@]23C)O1. The van der Waals surface area contributed by atoms with Crippen molar-refractivity contribution in [3.05, 3.63) is 30.3 Å². The average molecular weight is 580 g/mol. The van der Waals surface area contributed by atoms with Gasteiger partial charge < -0.3 is 14.6 Å². The van der Waals surface area contributed by atoms with Crippen LogP contribution in [0.25, 0.3) is 0 Å². The van der Waals surface area contributed by atoms with Gasteiger partial charge in [-0.3, -0.25) is 5.32 Å². The Balaban J connectivity index is 1.24. The number of amides is 1. The van der Waals surface area contributed by atoms with E-state index in [1.54, 1.807) is 0 Å². The Bertz CT molecular complexity index is 1180. The zero-order valence-corrected chi connectivity index (χ0v) is 27.6. The number of ether oxygens (including phenoxy) is 2. The van der Waals surface area contributed by atoms with E-state index in [0.717, 1.165) is 50.6 Å². The van der Waals surface area contributed by atoms with Crippen molar-refractivity contribution in [2.75, 3.05) is 5.32 Å². The van der Waals surface area contributed by atoms with Gasteiger partial charge in [0.2, 0.25) is 0 Å². The first-order valence-corrected chi connectivity index (χ1v) is 17.0. The molecule has 10 atom stereocenters. The van der Waals surface area contributed by atoms with Gasteiger partial charge in [-0.15, -0.1) is 0 Å². The molecule has 4 saturated carbocycles. The van der Waals surface area contributed by atoms with Gasteiger partial charge in [-0.05, 0) is 137 Å². The highest BCUT2D eigenvalue weighted by Gasteiger charge is 2.72. The van der Waals surface area contributed by atoms with Crippen LogP contribution in [0.1, 0.15) is 120 Å². The zero-order chi connectivity index (χ0) is 30.3. The number of nitrogens with one attached hydrogen (secondary N) is 1. The first-order valence-electron chi connectivity index (χ1n) is 17.0. The fraction of sp³-hybridized carbons (Fsp3) is 0.811. The monoisotopic (exact) mass is 579 g/mol. The molecule has 1 aliphatic heterocycles. The highest BCUT2D eigenvalue weighted by Crippen LogP contribution is 2.76. The first kappa shape index (κ1) is 30.4. The standard InChI is InChI=1S/C37H57NO4/c1-32(2)18-12-19-37(8,42-32)25-15-21-36(7)30(25)26(39)23-28-34(5)20-17-29(33(3,4)27(34)16-22-35(28,36)6)41-31(40)38-24-13-10-9-11-14-24/h9-11,13-14,25-30,39H,12,15-23H2,1-8H3,(H,38,40)/t25-,26+,27-,28+,29-,30-,34-,35+,36+,37+/m0/s1. The largest absolute Gasteiger partial charge is 0.445 e. The van der Waals surface area contributed by atoms with Crippen LogP contribution in [0.2, 0.25) is 0 Å². The molecule has 5 fully saturated rings.